The molecule has 3 rings (SSSR count). The summed E-state index contributed by atoms with van der Waals surface area (Å²) < 4.78 is 14.6. The molecule has 2 aromatic rings. The number of thiophene rings is 1. The van der Waals surface area contributed by atoms with Gasteiger partial charge in [-0.25, -0.2) is 9.37 Å². The van der Waals surface area contributed by atoms with Crippen molar-refractivity contribution >= 4 is 17.2 Å². The van der Waals surface area contributed by atoms with Gasteiger partial charge in [-0.1, -0.05) is 6.07 Å². The molecule has 0 amide bonds. The number of hydrogen-bond donors (Lipinski definition) is 1. The van der Waals surface area contributed by atoms with Crippen molar-refractivity contribution in [2.45, 2.75) is 32.0 Å². The largest absolute Gasteiger partial charge is 0.346 e. The highest BCUT2D eigenvalue weighted by Gasteiger charge is 2.32. The van der Waals surface area contributed by atoms with Crippen LogP contribution in [0.15, 0.2) is 29.8 Å². The first-order chi connectivity index (χ1) is 9.79. The van der Waals surface area contributed by atoms with Crippen molar-refractivity contribution < 1.29 is 4.39 Å². The Bertz CT molecular complexity index is 567. The molecule has 0 unspecified atom stereocenters. The Hall–Kier alpha value is -1.46. The van der Waals surface area contributed by atoms with Crippen LogP contribution < -0.4 is 10.2 Å². The maximum atomic E-state index is 14.6. The molecule has 106 valence electrons. The number of pyridine rings is 1. The van der Waals surface area contributed by atoms with E-state index < -0.39 is 0 Å². The minimum atomic E-state index is -0.190. The van der Waals surface area contributed by atoms with Crippen molar-refractivity contribution in [1.82, 2.24) is 10.3 Å². The monoisotopic (exact) mass is 291 g/mol. The number of nitrogens with zero attached hydrogens (tertiary/aromatic N) is 2. The van der Waals surface area contributed by atoms with E-state index in [0.717, 1.165) is 19.4 Å². The van der Waals surface area contributed by atoms with Gasteiger partial charge in [0.05, 0.1) is 6.54 Å². The quantitative estimate of drug-likeness (QED) is 0.886. The summed E-state index contributed by atoms with van der Waals surface area (Å²) in [5.74, 6) is 0.305. The second kappa shape index (κ2) is 5.89. The van der Waals surface area contributed by atoms with Crippen LogP contribution in [0, 0.1) is 5.82 Å². The zero-order valence-electron chi connectivity index (χ0n) is 11.5. The lowest BCUT2D eigenvalue weighted by atomic mass is 10.2. The Morgan fingerprint density at radius 2 is 2.30 bits per heavy atom. The van der Waals surface area contributed by atoms with Gasteiger partial charge in [-0.05, 0) is 37.4 Å². The molecule has 2 heterocycles. The zero-order chi connectivity index (χ0) is 13.9. The molecule has 1 aliphatic carbocycles. The first kappa shape index (κ1) is 13.5. The van der Waals surface area contributed by atoms with Gasteiger partial charge in [0.15, 0.2) is 11.6 Å². The Labute approximate surface area is 122 Å². The Morgan fingerprint density at radius 1 is 1.45 bits per heavy atom. The molecule has 0 spiro atoms. The number of rotatable bonds is 6. The highest BCUT2D eigenvalue weighted by molar-refractivity contribution is 7.09. The molecule has 0 aliphatic heterocycles. The summed E-state index contributed by atoms with van der Waals surface area (Å²) in [6, 6.07) is 6.30. The number of nitrogens with one attached hydrogen (secondary N) is 1. The molecule has 1 saturated carbocycles. The van der Waals surface area contributed by atoms with Crippen molar-refractivity contribution in [3.63, 3.8) is 0 Å². The van der Waals surface area contributed by atoms with E-state index in [1.54, 1.807) is 23.6 Å². The average molecular weight is 291 g/mol. The SMILES string of the molecule is CNCc1ccnc(N(Cc2cccs2)C2CC2)c1F. The molecule has 20 heavy (non-hydrogen) atoms. The number of aromatic nitrogens is 1. The Balaban J connectivity index is 1.89. The molecule has 0 saturated heterocycles. The molecule has 0 atom stereocenters. The van der Waals surface area contributed by atoms with Gasteiger partial charge in [-0.2, -0.15) is 0 Å². The first-order valence-corrected chi connectivity index (χ1v) is 7.74. The van der Waals surface area contributed by atoms with E-state index in [9.17, 15) is 4.39 Å². The molecule has 1 N–H and O–H groups in total. The predicted molar refractivity (Wildman–Crippen MR) is 80.5 cm³/mol. The van der Waals surface area contributed by atoms with Gasteiger partial charge in [-0.3, -0.25) is 0 Å². The van der Waals surface area contributed by atoms with E-state index in [1.165, 1.54) is 4.88 Å². The average Bonchev–Trinajstić information content (AvgIpc) is 3.16. The fourth-order valence-electron chi connectivity index (χ4n) is 2.33. The summed E-state index contributed by atoms with van der Waals surface area (Å²) in [5.41, 5.74) is 0.675. The van der Waals surface area contributed by atoms with Crippen LogP contribution in [-0.4, -0.2) is 18.1 Å². The summed E-state index contributed by atoms with van der Waals surface area (Å²) in [5, 5.41) is 5.05. The van der Waals surface area contributed by atoms with Gasteiger partial charge < -0.3 is 10.2 Å². The molecular formula is C15H18FN3S. The third-order valence-corrected chi connectivity index (χ3v) is 4.35. The molecule has 2 aromatic heterocycles. The fraction of sp³-hybridized carbons (Fsp3) is 0.400. The second-order valence-electron chi connectivity index (χ2n) is 5.08. The lowest BCUT2D eigenvalue weighted by molar-refractivity contribution is 0.583. The lowest BCUT2D eigenvalue weighted by Crippen LogP contribution is -2.27. The van der Waals surface area contributed by atoms with Gasteiger partial charge in [-0.15, -0.1) is 11.3 Å². The molecule has 5 heteroatoms. The van der Waals surface area contributed by atoms with E-state index in [1.807, 2.05) is 13.1 Å². The van der Waals surface area contributed by atoms with Crippen LogP contribution in [0.3, 0.4) is 0 Å². The molecule has 0 radical (unpaired) electrons. The second-order valence-corrected chi connectivity index (χ2v) is 6.11. The van der Waals surface area contributed by atoms with Crippen molar-refractivity contribution in [3.8, 4) is 0 Å². The molecule has 1 fully saturated rings. The molecule has 0 aromatic carbocycles. The van der Waals surface area contributed by atoms with Gasteiger partial charge in [0.2, 0.25) is 0 Å². The van der Waals surface area contributed by atoms with E-state index in [-0.39, 0.29) is 5.82 Å². The van der Waals surface area contributed by atoms with Crippen LogP contribution in [0.25, 0.3) is 0 Å². The predicted octanol–water partition coefficient (Wildman–Crippen LogP) is 3.17. The number of hydrogen-bond acceptors (Lipinski definition) is 4. The summed E-state index contributed by atoms with van der Waals surface area (Å²) in [6.45, 7) is 1.27. The summed E-state index contributed by atoms with van der Waals surface area (Å²) in [7, 11) is 1.82. The van der Waals surface area contributed by atoms with E-state index in [2.05, 4.69) is 26.6 Å². The van der Waals surface area contributed by atoms with Gasteiger partial charge in [0.25, 0.3) is 0 Å². The maximum absolute atomic E-state index is 14.6. The van der Waals surface area contributed by atoms with Crippen LogP contribution in [0.1, 0.15) is 23.3 Å². The first-order valence-electron chi connectivity index (χ1n) is 6.86. The van der Waals surface area contributed by atoms with Gasteiger partial charge >= 0.3 is 0 Å². The van der Waals surface area contributed by atoms with Crippen molar-refractivity contribution in [2.75, 3.05) is 11.9 Å². The van der Waals surface area contributed by atoms with Crippen LogP contribution in [0.5, 0.6) is 0 Å². The Kier molecular flexibility index (Phi) is 3.98. The topological polar surface area (TPSA) is 28.2 Å². The molecular weight excluding hydrogens is 273 g/mol. The third-order valence-electron chi connectivity index (χ3n) is 3.48. The standard InChI is InChI=1S/C15H18FN3S/c1-17-9-11-6-7-18-15(14(11)16)19(12-4-5-12)10-13-3-2-8-20-13/h2-3,6-8,12,17H,4-5,9-10H2,1H3. The van der Waals surface area contributed by atoms with E-state index in [4.69, 9.17) is 0 Å². The third kappa shape index (κ3) is 2.83. The summed E-state index contributed by atoms with van der Waals surface area (Å²) in [4.78, 5) is 7.65. The van der Waals surface area contributed by atoms with Gasteiger partial charge in [0.1, 0.15) is 0 Å². The Morgan fingerprint density at radius 3 is 2.95 bits per heavy atom. The summed E-state index contributed by atoms with van der Waals surface area (Å²) in [6.07, 6.45) is 3.96. The maximum Gasteiger partial charge on any atom is 0.170 e. The molecule has 0 bridgehead atoms. The normalized spacial score (nSPS) is 14.5. The lowest BCUT2D eigenvalue weighted by Gasteiger charge is -2.24. The van der Waals surface area contributed by atoms with Crippen molar-refractivity contribution in [3.05, 3.63) is 46.0 Å². The molecule has 3 nitrogen and oxygen atoms in total. The number of halogens is 1. The summed E-state index contributed by atoms with van der Waals surface area (Å²) >= 11 is 1.71. The van der Waals surface area contributed by atoms with Crippen LogP contribution in [-0.2, 0) is 13.1 Å². The van der Waals surface area contributed by atoms with Crippen molar-refractivity contribution in [2.24, 2.45) is 0 Å². The van der Waals surface area contributed by atoms with Crippen molar-refractivity contribution in [1.29, 1.82) is 0 Å². The fourth-order valence-corrected chi connectivity index (χ4v) is 3.03. The minimum Gasteiger partial charge on any atom is -0.346 e. The van der Waals surface area contributed by atoms with Crippen LogP contribution >= 0.6 is 11.3 Å². The van der Waals surface area contributed by atoms with E-state index >= 15 is 0 Å². The highest BCUT2D eigenvalue weighted by Crippen LogP contribution is 2.34. The highest BCUT2D eigenvalue weighted by atomic mass is 32.1. The number of anilines is 1. The van der Waals surface area contributed by atoms with E-state index in [0.29, 0.717) is 24.0 Å². The zero-order valence-corrected chi connectivity index (χ0v) is 12.3. The van der Waals surface area contributed by atoms with Crippen LogP contribution in [0.4, 0.5) is 10.2 Å². The van der Waals surface area contributed by atoms with Gasteiger partial charge in [0, 0.05) is 29.2 Å². The smallest absolute Gasteiger partial charge is 0.170 e. The minimum absolute atomic E-state index is 0.190. The molecule has 1 aliphatic rings. The van der Waals surface area contributed by atoms with Crippen LogP contribution in [0.2, 0.25) is 0 Å².